The molecule has 0 unspecified atom stereocenters. The van der Waals surface area contributed by atoms with Crippen LogP contribution in [0.3, 0.4) is 0 Å². The molecular formula is C18H16BrN3O2. The molecule has 1 aliphatic rings. The summed E-state index contributed by atoms with van der Waals surface area (Å²) in [6.45, 7) is 2.69. The Bertz CT molecular complexity index is 784. The van der Waals surface area contributed by atoms with Crippen molar-refractivity contribution in [3.05, 3.63) is 58.5 Å². The number of carbonyl (C=O) groups excluding carboxylic acids is 1. The highest BCUT2D eigenvalue weighted by Crippen LogP contribution is 2.19. The fourth-order valence-corrected chi connectivity index (χ4v) is 2.99. The molecule has 1 aliphatic heterocycles. The molecule has 122 valence electrons. The summed E-state index contributed by atoms with van der Waals surface area (Å²) < 4.78 is 5.90. The molecule has 6 heteroatoms. The van der Waals surface area contributed by atoms with Crippen LogP contribution in [0.4, 0.5) is 5.69 Å². The molecular weight excluding hydrogens is 370 g/mol. The first-order valence-corrected chi connectivity index (χ1v) is 8.43. The molecule has 3 rings (SSSR count). The maximum Gasteiger partial charge on any atom is 0.264 e. The number of benzene rings is 1. The van der Waals surface area contributed by atoms with Crippen LogP contribution in [-0.4, -0.2) is 37.0 Å². The number of anilines is 1. The van der Waals surface area contributed by atoms with E-state index in [1.807, 2.05) is 24.3 Å². The maximum absolute atomic E-state index is 12.5. The van der Waals surface area contributed by atoms with Gasteiger partial charge in [-0.05, 0) is 40.2 Å². The first-order valence-electron chi connectivity index (χ1n) is 7.64. The van der Waals surface area contributed by atoms with E-state index in [0.717, 1.165) is 18.8 Å². The summed E-state index contributed by atoms with van der Waals surface area (Å²) in [5, 5.41) is 9.30. The van der Waals surface area contributed by atoms with Crippen LogP contribution in [0.1, 0.15) is 5.76 Å². The van der Waals surface area contributed by atoms with E-state index in [0.29, 0.717) is 23.5 Å². The minimum absolute atomic E-state index is 0.0880. The SMILES string of the molecule is N#C/C(=C\c1ccc(Br)o1)C(=O)N1CCN(c2ccccc2)CC1. The van der Waals surface area contributed by atoms with Gasteiger partial charge >= 0.3 is 0 Å². The van der Waals surface area contributed by atoms with E-state index in [2.05, 4.69) is 33.0 Å². The molecule has 0 bridgehead atoms. The van der Waals surface area contributed by atoms with E-state index in [-0.39, 0.29) is 11.5 Å². The van der Waals surface area contributed by atoms with Crippen molar-refractivity contribution >= 4 is 33.6 Å². The summed E-state index contributed by atoms with van der Waals surface area (Å²) in [6, 6.07) is 15.5. The van der Waals surface area contributed by atoms with Crippen molar-refractivity contribution < 1.29 is 9.21 Å². The third-order valence-electron chi connectivity index (χ3n) is 3.92. The molecule has 0 aliphatic carbocycles. The molecule has 1 saturated heterocycles. The Morgan fingerprint density at radius 2 is 1.83 bits per heavy atom. The van der Waals surface area contributed by atoms with Crippen molar-refractivity contribution in [2.75, 3.05) is 31.1 Å². The van der Waals surface area contributed by atoms with E-state index in [4.69, 9.17) is 4.42 Å². The molecule has 1 amide bonds. The second-order valence-electron chi connectivity index (χ2n) is 5.43. The molecule has 1 fully saturated rings. The first kappa shape index (κ1) is 16.3. The fourth-order valence-electron chi connectivity index (χ4n) is 2.67. The number of para-hydroxylation sites is 1. The van der Waals surface area contributed by atoms with Gasteiger partial charge in [0.25, 0.3) is 5.91 Å². The highest BCUT2D eigenvalue weighted by molar-refractivity contribution is 9.10. The van der Waals surface area contributed by atoms with Gasteiger partial charge < -0.3 is 14.2 Å². The van der Waals surface area contributed by atoms with Crippen LogP contribution < -0.4 is 4.90 Å². The smallest absolute Gasteiger partial charge is 0.264 e. The van der Waals surface area contributed by atoms with Gasteiger partial charge in [0.1, 0.15) is 17.4 Å². The van der Waals surface area contributed by atoms with Gasteiger partial charge in [-0.2, -0.15) is 5.26 Å². The molecule has 0 radical (unpaired) electrons. The summed E-state index contributed by atoms with van der Waals surface area (Å²) >= 11 is 3.21. The normalized spacial score (nSPS) is 15.2. The van der Waals surface area contributed by atoms with Crippen LogP contribution in [0.25, 0.3) is 6.08 Å². The second kappa shape index (κ2) is 7.37. The van der Waals surface area contributed by atoms with Gasteiger partial charge in [-0.15, -0.1) is 0 Å². The standard InChI is InChI=1S/C18H16BrN3O2/c19-17-7-6-16(24-17)12-14(13-20)18(23)22-10-8-21(9-11-22)15-4-2-1-3-5-15/h1-7,12H,8-11H2/b14-12+. The van der Waals surface area contributed by atoms with Gasteiger partial charge in [0.05, 0.1) is 0 Å². The van der Waals surface area contributed by atoms with Crippen LogP contribution in [0.15, 0.2) is 57.1 Å². The number of piperazine rings is 1. The van der Waals surface area contributed by atoms with E-state index in [1.54, 1.807) is 17.0 Å². The number of amides is 1. The van der Waals surface area contributed by atoms with Crippen LogP contribution >= 0.6 is 15.9 Å². The number of nitriles is 1. The molecule has 5 nitrogen and oxygen atoms in total. The van der Waals surface area contributed by atoms with Crippen molar-refractivity contribution in [1.82, 2.24) is 4.90 Å². The number of halogens is 1. The fraction of sp³-hybridized carbons (Fsp3) is 0.222. The summed E-state index contributed by atoms with van der Waals surface area (Å²) in [6.07, 6.45) is 1.48. The van der Waals surface area contributed by atoms with Crippen molar-refractivity contribution in [3.63, 3.8) is 0 Å². The maximum atomic E-state index is 12.5. The lowest BCUT2D eigenvalue weighted by Gasteiger charge is -2.36. The molecule has 1 aromatic heterocycles. The summed E-state index contributed by atoms with van der Waals surface area (Å²) in [5.74, 6) is 0.229. The largest absolute Gasteiger partial charge is 0.450 e. The molecule has 0 saturated carbocycles. The van der Waals surface area contributed by atoms with Crippen LogP contribution in [0.5, 0.6) is 0 Å². The Balaban J connectivity index is 1.66. The van der Waals surface area contributed by atoms with Gasteiger partial charge in [-0.3, -0.25) is 4.79 Å². The zero-order valence-corrected chi connectivity index (χ0v) is 14.6. The number of hydrogen-bond donors (Lipinski definition) is 0. The molecule has 0 N–H and O–H groups in total. The third kappa shape index (κ3) is 3.69. The first-order chi connectivity index (χ1) is 11.7. The van der Waals surface area contributed by atoms with Crippen LogP contribution in [0, 0.1) is 11.3 Å². The lowest BCUT2D eigenvalue weighted by atomic mass is 10.2. The number of rotatable bonds is 3. The van der Waals surface area contributed by atoms with E-state index < -0.39 is 0 Å². The second-order valence-corrected chi connectivity index (χ2v) is 6.21. The van der Waals surface area contributed by atoms with Gasteiger partial charge in [0, 0.05) is 37.9 Å². The van der Waals surface area contributed by atoms with Crippen molar-refractivity contribution in [3.8, 4) is 6.07 Å². The van der Waals surface area contributed by atoms with Gasteiger partial charge in [-0.25, -0.2) is 0 Å². The minimum atomic E-state index is -0.252. The zero-order chi connectivity index (χ0) is 16.9. The van der Waals surface area contributed by atoms with Gasteiger partial charge in [0.15, 0.2) is 4.67 Å². The van der Waals surface area contributed by atoms with Crippen LogP contribution in [-0.2, 0) is 4.79 Å². The summed E-state index contributed by atoms with van der Waals surface area (Å²) in [5.41, 5.74) is 1.24. The Morgan fingerprint density at radius 1 is 1.12 bits per heavy atom. The molecule has 0 atom stereocenters. The number of hydrogen-bond acceptors (Lipinski definition) is 4. The quantitative estimate of drug-likeness (QED) is 0.600. The van der Waals surface area contributed by atoms with Gasteiger partial charge in [0.2, 0.25) is 0 Å². The Hall–Kier alpha value is -2.52. The molecule has 24 heavy (non-hydrogen) atoms. The number of nitrogens with zero attached hydrogens (tertiary/aromatic N) is 3. The Kier molecular flexibility index (Phi) is 5.02. The van der Waals surface area contributed by atoms with Crippen molar-refractivity contribution in [2.45, 2.75) is 0 Å². The van der Waals surface area contributed by atoms with Crippen LogP contribution in [0.2, 0.25) is 0 Å². The summed E-state index contributed by atoms with van der Waals surface area (Å²) in [7, 11) is 0. The predicted octanol–water partition coefficient (Wildman–Crippen LogP) is 3.30. The van der Waals surface area contributed by atoms with E-state index in [1.165, 1.54) is 6.08 Å². The average molecular weight is 386 g/mol. The van der Waals surface area contributed by atoms with Gasteiger partial charge in [-0.1, -0.05) is 18.2 Å². The number of furan rings is 1. The van der Waals surface area contributed by atoms with E-state index >= 15 is 0 Å². The summed E-state index contributed by atoms with van der Waals surface area (Å²) in [4.78, 5) is 16.5. The highest BCUT2D eigenvalue weighted by atomic mass is 79.9. The molecule has 2 heterocycles. The predicted molar refractivity (Wildman–Crippen MR) is 95.2 cm³/mol. The molecule has 2 aromatic rings. The molecule has 0 spiro atoms. The molecule has 1 aromatic carbocycles. The minimum Gasteiger partial charge on any atom is -0.450 e. The van der Waals surface area contributed by atoms with Crippen molar-refractivity contribution in [1.29, 1.82) is 5.26 Å². The number of carbonyl (C=O) groups is 1. The highest BCUT2D eigenvalue weighted by Gasteiger charge is 2.24. The topological polar surface area (TPSA) is 60.5 Å². The Labute approximate surface area is 148 Å². The third-order valence-corrected chi connectivity index (χ3v) is 4.35. The van der Waals surface area contributed by atoms with E-state index in [9.17, 15) is 10.1 Å². The lowest BCUT2D eigenvalue weighted by molar-refractivity contribution is -0.126. The van der Waals surface area contributed by atoms with Crippen molar-refractivity contribution in [2.24, 2.45) is 0 Å². The Morgan fingerprint density at radius 3 is 2.42 bits per heavy atom. The monoisotopic (exact) mass is 385 g/mol. The zero-order valence-electron chi connectivity index (χ0n) is 13.0. The lowest BCUT2D eigenvalue weighted by Crippen LogP contribution is -2.49. The average Bonchev–Trinajstić information content (AvgIpc) is 3.05.